The van der Waals surface area contributed by atoms with E-state index in [0.717, 1.165) is 4.90 Å². The summed E-state index contributed by atoms with van der Waals surface area (Å²) >= 11 is 0. The summed E-state index contributed by atoms with van der Waals surface area (Å²) in [4.78, 5) is 58.4. The maximum Gasteiger partial charge on any atom is 0.326 e. The van der Waals surface area contributed by atoms with Crippen molar-refractivity contribution in [3.63, 3.8) is 0 Å². The van der Waals surface area contributed by atoms with Crippen LogP contribution in [0.4, 0.5) is 0 Å². The molecule has 0 aromatic carbocycles. The highest BCUT2D eigenvalue weighted by Crippen LogP contribution is 2.19. The Balaban J connectivity index is 2.81. The van der Waals surface area contributed by atoms with E-state index in [0.29, 0.717) is 6.42 Å². The third-order valence-electron chi connectivity index (χ3n) is 4.09. The summed E-state index contributed by atoms with van der Waals surface area (Å²) in [5.41, 5.74) is 5.59. The minimum Gasteiger partial charge on any atom is -0.481 e. The molecule has 6 N–H and O–H groups in total. The van der Waals surface area contributed by atoms with E-state index < -0.39 is 54.3 Å². The largest absolute Gasteiger partial charge is 0.481 e. The Morgan fingerprint density at radius 2 is 1.62 bits per heavy atom. The van der Waals surface area contributed by atoms with Crippen LogP contribution < -0.4 is 11.1 Å². The molecule has 0 aromatic rings. The van der Waals surface area contributed by atoms with Crippen LogP contribution in [0.2, 0.25) is 0 Å². The lowest BCUT2D eigenvalue weighted by Crippen LogP contribution is -2.54. The third kappa shape index (κ3) is 6.31. The highest BCUT2D eigenvalue weighted by atomic mass is 16.4. The number of carboxylic acid groups (broad SMARTS) is 3. The standard InChI is InChI=1S/C15H23N3O8/c16-8(3-5-11(19)20)13(23)17-9(4-6-12(21)22)14(24)18-7-1-2-10(18)15(25)26/h8-10H,1-7,16H2,(H,17,23)(H,19,20)(H,21,22)(H,25,26)/t8-,9-,10-/m0/s1. The van der Waals surface area contributed by atoms with Gasteiger partial charge in [0.15, 0.2) is 0 Å². The van der Waals surface area contributed by atoms with Gasteiger partial charge in [0, 0.05) is 19.4 Å². The van der Waals surface area contributed by atoms with Gasteiger partial charge >= 0.3 is 17.9 Å². The second kappa shape index (κ2) is 9.70. The monoisotopic (exact) mass is 373 g/mol. The van der Waals surface area contributed by atoms with Crippen molar-refractivity contribution in [1.29, 1.82) is 0 Å². The van der Waals surface area contributed by atoms with Crippen molar-refractivity contribution in [3.05, 3.63) is 0 Å². The van der Waals surface area contributed by atoms with E-state index in [4.69, 9.17) is 15.9 Å². The minimum atomic E-state index is -1.24. The van der Waals surface area contributed by atoms with Crippen molar-refractivity contribution in [1.82, 2.24) is 10.2 Å². The average Bonchev–Trinajstić information content (AvgIpc) is 3.05. The van der Waals surface area contributed by atoms with Gasteiger partial charge in [-0.2, -0.15) is 0 Å². The van der Waals surface area contributed by atoms with Crippen molar-refractivity contribution < 1.29 is 39.3 Å². The molecule has 26 heavy (non-hydrogen) atoms. The predicted octanol–water partition coefficient (Wildman–Crippen LogP) is -1.40. The Morgan fingerprint density at radius 1 is 1.04 bits per heavy atom. The molecule has 0 radical (unpaired) electrons. The molecule has 0 unspecified atom stereocenters. The Hall–Kier alpha value is -2.69. The first-order chi connectivity index (χ1) is 12.1. The van der Waals surface area contributed by atoms with Crippen molar-refractivity contribution in [2.24, 2.45) is 5.73 Å². The zero-order valence-electron chi connectivity index (χ0n) is 14.1. The number of carboxylic acids is 3. The fourth-order valence-corrected chi connectivity index (χ4v) is 2.70. The van der Waals surface area contributed by atoms with Gasteiger partial charge in [-0.3, -0.25) is 19.2 Å². The predicted molar refractivity (Wildman–Crippen MR) is 86.0 cm³/mol. The van der Waals surface area contributed by atoms with Crippen LogP contribution in [0, 0.1) is 0 Å². The van der Waals surface area contributed by atoms with Gasteiger partial charge in [-0.15, -0.1) is 0 Å². The molecular weight excluding hydrogens is 350 g/mol. The van der Waals surface area contributed by atoms with Gasteiger partial charge in [-0.05, 0) is 25.7 Å². The van der Waals surface area contributed by atoms with Gasteiger partial charge in [-0.25, -0.2) is 4.79 Å². The zero-order valence-corrected chi connectivity index (χ0v) is 14.1. The molecule has 1 rings (SSSR count). The second-order valence-electron chi connectivity index (χ2n) is 6.06. The molecule has 1 heterocycles. The number of hydrogen-bond acceptors (Lipinski definition) is 6. The van der Waals surface area contributed by atoms with E-state index in [2.05, 4.69) is 5.32 Å². The van der Waals surface area contributed by atoms with Crippen molar-refractivity contribution in [3.8, 4) is 0 Å². The van der Waals surface area contributed by atoms with E-state index in [1.54, 1.807) is 0 Å². The summed E-state index contributed by atoms with van der Waals surface area (Å²) < 4.78 is 0. The number of amides is 2. The van der Waals surface area contributed by atoms with E-state index in [-0.39, 0.29) is 32.2 Å². The lowest BCUT2D eigenvalue weighted by Gasteiger charge is -2.27. The highest BCUT2D eigenvalue weighted by Gasteiger charge is 2.38. The van der Waals surface area contributed by atoms with E-state index >= 15 is 0 Å². The van der Waals surface area contributed by atoms with Crippen LogP contribution in [0.25, 0.3) is 0 Å². The van der Waals surface area contributed by atoms with Crippen LogP contribution in [-0.4, -0.2) is 74.6 Å². The van der Waals surface area contributed by atoms with Gasteiger partial charge in [0.1, 0.15) is 12.1 Å². The van der Waals surface area contributed by atoms with E-state index in [1.165, 1.54) is 0 Å². The summed E-state index contributed by atoms with van der Waals surface area (Å²) in [7, 11) is 0. The maximum absolute atomic E-state index is 12.6. The highest BCUT2D eigenvalue weighted by molar-refractivity contribution is 5.92. The first-order valence-corrected chi connectivity index (χ1v) is 8.16. The summed E-state index contributed by atoms with van der Waals surface area (Å²) in [6.45, 7) is 0.195. The molecule has 1 fully saturated rings. The molecular formula is C15H23N3O8. The van der Waals surface area contributed by atoms with Crippen molar-refractivity contribution >= 4 is 29.7 Å². The molecule has 1 saturated heterocycles. The molecule has 0 spiro atoms. The number of rotatable bonds is 10. The summed E-state index contributed by atoms with van der Waals surface area (Å²) in [5, 5.41) is 28.9. The third-order valence-corrected chi connectivity index (χ3v) is 4.09. The zero-order chi connectivity index (χ0) is 19.9. The molecule has 146 valence electrons. The van der Waals surface area contributed by atoms with Gasteiger partial charge in [0.05, 0.1) is 6.04 Å². The molecule has 0 aliphatic carbocycles. The SMILES string of the molecule is N[C@@H](CCC(=O)O)C(=O)N[C@@H](CCC(=O)O)C(=O)N1CCC[C@H]1C(=O)O. The molecule has 0 bridgehead atoms. The maximum atomic E-state index is 12.6. The first kappa shape index (κ1) is 21.4. The topological polar surface area (TPSA) is 187 Å². The van der Waals surface area contributed by atoms with Crippen LogP contribution in [0.5, 0.6) is 0 Å². The van der Waals surface area contributed by atoms with Gasteiger partial charge in [0.2, 0.25) is 11.8 Å². The summed E-state index contributed by atoms with van der Waals surface area (Å²) in [6, 6.07) is -3.44. The Morgan fingerprint density at radius 3 is 2.15 bits per heavy atom. The fraction of sp³-hybridized carbons (Fsp3) is 0.667. The van der Waals surface area contributed by atoms with Crippen LogP contribution >= 0.6 is 0 Å². The van der Waals surface area contributed by atoms with Crippen LogP contribution in [0.15, 0.2) is 0 Å². The number of aliphatic carboxylic acids is 3. The quantitative estimate of drug-likeness (QED) is 0.307. The number of carbonyl (C=O) groups is 5. The lowest BCUT2D eigenvalue weighted by molar-refractivity contribution is -0.150. The number of nitrogens with one attached hydrogen (secondary N) is 1. The Labute approximate surface area is 149 Å². The van der Waals surface area contributed by atoms with Crippen molar-refractivity contribution in [2.75, 3.05) is 6.54 Å². The molecule has 0 saturated carbocycles. The van der Waals surface area contributed by atoms with E-state index in [9.17, 15) is 29.1 Å². The smallest absolute Gasteiger partial charge is 0.326 e. The number of carbonyl (C=O) groups excluding carboxylic acids is 2. The normalized spacial score (nSPS) is 18.8. The molecule has 1 aliphatic heterocycles. The number of likely N-dealkylation sites (tertiary alicyclic amines) is 1. The molecule has 3 atom stereocenters. The van der Waals surface area contributed by atoms with Gasteiger partial charge < -0.3 is 31.3 Å². The number of nitrogens with zero attached hydrogens (tertiary/aromatic N) is 1. The Bertz CT molecular complexity index is 579. The van der Waals surface area contributed by atoms with Crippen LogP contribution in [0.3, 0.4) is 0 Å². The second-order valence-corrected chi connectivity index (χ2v) is 6.06. The number of nitrogens with two attached hydrogens (primary N) is 1. The fourth-order valence-electron chi connectivity index (χ4n) is 2.70. The molecule has 11 nitrogen and oxygen atoms in total. The number of hydrogen-bond donors (Lipinski definition) is 5. The molecule has 1 aliphatic rings. The summed E-state index contributed by atoms with van der Waals surface area (Å²) in [5.74, 6) is -4.95. The minimum absolute atomic E-state index is 0.150. The van der Waals surface area contributed by atoms with Crippen LogP contribution in [-0.2, 0) is 24.0 Å². The van der Waals surface area contributed by atoms with Crippen molar-refractivity contribution in [2.45, 2.75) is 56.7 Å². The summed E-state index contributed by atoms with van der Waals surface area (Å²) in [6.07, 6.45) is -0.363. The van der Waals surface area contributed by atoms with Gasteiger partial charge in [0.25, 0.3) is 0 Å². The van der Waals surface area contributed by atoms with Crippen LogP contribution in [0.1, 0.15) is 38.5 Å². The Kier molecular flexibility index (Phi) is 7.97. The molecule has 0 aromatic heterocycles. The lowest BCUT2D eigenvalue weighted by atomic mass is 10.1. The van der Waals surface area contributed by atoms with Gasteiger partial charge in [-0.1, -0.05) is 0 Å². The average molecular weight is 373 g/mol. The molecule has 11 heteroatoms. The first-order valence-electron chi connectivity index (χ1n) is 8.16. The molecule has 2 amide bonds. The van der Waals surface area contributed by atoms with E-state index in [1.807, 2.05) is 0 Å².